The summed E-state index contributed by atoms with van der Waals surface area (Å²) in [6.07, 6.45) is 2.71. The molecule has 2 rings (SSSR count). The van der Waals surface area contributed by atoms with Crippen LogP contribution in [0, 0.1) is 5.92 Å². The molecule has 1 saturated carbocycles. The van der Waals surface area contributed by atoms with Crippen molar-refractivity contribution < 1.29 is 4.74 Å². The molecule has 4 heteroatoms. The van der Waals surface area contributed by atoms with Gasteiger partial charge < -0.3 is 15.0 Å². The largest absolute Gasteiger partial charge is 0.379 e. The Morgan fingerprint density at radius 3 is 2.85 bits per heavy atom. The Balaban J connectivity index is 1.94. The molecule has 1 fully saturated rings. The van der Waals surface area contributed by atoms with Crippen LogP contribution in [0.2, 0.25) is 0 Å². The molecule has 0 aliphatic heterocycles. The number of rotatable bonds is 8. The van der Waals surface area contributed by atoms with Crippen LogP contribution in [-0.4, -0.2) is 33.9 Å². The lowest BCUT2D eigenvalue weighted by Crippen LogP contribution is -2.25. The van der Waals surface area contributed by atoms with E-state index in [1.807, 2.05) is 7.05 Å². The monoisotopic (exact) mass is 340 g/mol. The molecule has 0 spiro atoms. The van der Waals surface area contributed by atoms with E-state index in [2.05, 4.69) is 58.3 Å². The fourth-order valence-corrected chi connectivity index (χ4v) is 2.61. The zero-order valence-electron chi connectivity index (χ0n) is 12.7. The van der Waals surface area contributed by atoms with Gasteiger partial charge in [0.05, 0.1) is 6.61 Å². The molecular formula is C16H25BrN2O. The molecule has 112 valence electrons. The van der Waals surface area contributed by atoms with Crippen LogP contribution >= 0.6 is 15.9 Å². The molecule has 0 amide bonds. The highest BCUT2D eigenvalue weighted by Crippen LogP contribution is 2.30. The zero-order chi connectivity index (χ0) is 14.5. The van der Waals surface area contributed by atoms with Gasteiger partial charge >= 0.3 is 0 Å². The van der Waals surface area contributed by atoms with Crippen molar-refractivity contribution in [2.24, 2.45) is 5.92 Å². The SMILES string of the molecule is CNC(C)c1cc(Br)ccc1N(C)CCOCC1CC1. The third kappa shape index (κ3) is 4.47. The molecule has 1 aliphatic carbocycles. The number of hydrogen-bond donors (Lipinski definition) is 1. The predicted molar refractivity (Wildman–Crippen MR) is 88.4 cm³/mol. The second-order valence-corrected chi connectivity index (χ2v) is 6.57. The maximum atomic E-state index is 5.73. The van der Waals surface area contributed by atoms with Gasteiger partial charge in [0.1, 0.15) is 0 Å². The van der Waals surface area contributed by atoms with Crippen LogP contribution in [0.25, 0.3) is 0 Å². The molecule has 0 radical (unpaired) electrons. The van der Waals surface area contributed by atoms with Crippen LogP contribution in [0.15, 0.2) is 22.7 Å². The first-order valence-corrected chi connectivity index (χ1v) is 8.16. The van der Waals surface area contributed by atoms with Gasteiger partial charge in [-0.25, -0.2) is 0 Å². The summed E-state index contributed by atoms with van der Waals surface area (Å²) in [4.78, 5) is 2.28. The van der Waals surface area contributed by atoms with Gasteiger partial charge in [-0.3, -0.25) is 0 Å². The summed E-state index contributed by atoms with van der Waals surface area (Å²) in [5.74, 6) is 0.841. The van der Waals surface area contributed by atoms with Crippen molar-refractivity contribution in [1.29, 1.82) is 0 Å². The number of nitrogens with one attached hydrogen (secondary N) is 1. The molecule has 1 aromatic carbocycles. The second kappa shape index (κ2) is 7.43. The number of anilines is 1. The third-order valence-corrected chi connectivity index (χ3v) is 4.42. The fourth-order valence-electron chi connectivity index (χ4n) is 2.23. The van der Waals surface area contributed by atoms with Gasteiger partial charge in [0.25, 0.3) is 0 Å². The van der Waals surface area contributed by atoms with E-state index in [1.165, 1.54) is 24.1 Å². The van der Waals surface area contributed by atoms with E-state index in [1.54, 1.807) is 0 Å². The number of halogens is 1. The molecule has 0 bridgehead atoms. The van der Waals surface area contributed by atoms with Gasteiger partial charge in [0.15, 0.2) is 0 Å². The smallest absolute Gasteiger partial charge is 0.0641 e. The van der Waals surface area contributed by atoms with Crippen molar-refractivity contribution in [2.75, 3.05) is 38.8 Å². The highest BCUT2D eigenvalue weighted by atomic mass is 79.9. The van der Waals surface area contributed by atoms with E-state index in [-0.39, 0.29) is 0 Å². The van der Waals surface area contributed by atoms with Crippen LogP contribution in [-0.2, 0) is 4.74 Å². The number of ether oxygens (including phenoxy) is 1. The zero-order valence-corrected chi connectivity index (χ0v) is 14.2. The van der Waals surface area contributed by atoms with Crippen molar-refractivity contribution in [2.45, 2.75) is 25.8 Å². The topological polar surface area (TPSA) is 24.5 Å². The first kappa shape index (κ1) is 15.8. The molecule has 1 aliphatic rings. The van der Waals surface area contributed by atoms with Crippen molar-refractivity contribution >= 4 is 21.6 Å². The van der Waals surface area contributed by atoms with Crippen LogP contribution in [0.4, 0.5) is 5.69 Å². The molecule has 1 aromatic rings. The molecule has 0 heterocycles. The standard InChI is InChI=1S/C16H25BrN2O/c1-12(18-2)15-10-14(17)6-7-16(15)19(3)8-9-20-11-13-4-5-13/h6-7,10,12-13,18H,4-5,8-9,11H2,1-3H3. The number of likely N-dealkylation sites (N-methyl/N-ethyl adjacent to an activating group) is 1. The summed E-state index contributed by atoms with van der Waals surface area (Å²) in [5.41, 5.74) is 2.58. The Morgan fingerprint density at radius 2 is 2.20 bits per heavy atom. The van der Waals surface area contributed by atoms with Crippen molar-refractivity contribution in [1.82, 2.24) is 5.32 Å². The lowest BCUT2D eigenvalue weighted by atomic mass is 10.1. The lowest BCUT2D eigenvalue weighted by molar-refractivity contribution is 0.131. The van der Waals surface area contributed by atoms with E-state index >= 15 is 0 Å². The average molecular weight is 341 g/mol. The van der Waals surface area contributed by atoms with Crippen LogP contribution in [0.1, 0.15) is 31.4 Å². The molecule has 20 heavy (non-hydrogen) atoms. The fraction of sp³-hybridized carbons (Fsp3) is 0.625. The minimum atomic E-state index is 0.331. The first-order valence-electron chi connectivity index (χ1n) is 7.37. The molecule has 1 N–H and O–H groups in total. The van der Waals surface area contributed by atoms with Crippen LogP contribution in [0.3, 0.4) is 0 Å². The minimum Gasteiger partial charge on any atom is -0.379 e. The van der Waals surface area contributed by atoms with E-state index in [9.17, 15) is 0 Å². The van der Waals surface area contributed by atoms with Crippen molar-refractivity contribution in [3.05, 3.63) is 28.2 Å². The van der Waals surface area contributed by atoms with Gasteiger partial charge in [0.2, 0.25) is 0 Å². The number of benzene rings is 1. The highest BCUT2D eigenvalue weighted by Gasteiger charge is 2.21. The summed E-state index contributed by atoms with van der Waals surface area (Å²) in [7, 11) is 4.13. The lowest BCUT2D eigenvalue weighted by Gasteiger charge is -2.25. The van der Waals surface area contributed by atoms with Gasteiger partial charge in [-0.15, -0.1) is 0 Å². The maximum absolute atomic E-state index is 5.73. The molecular weight excluding hydrogens is 316 g/mol. The summed E-state index contributed by atoms with van der Waals surface area (Å²) >= 11 is 3.56. The highest BCUT2D eigenvalue weighted by molar-refractivity contribution is 9.10. The minimum absolute atomic E-state index is 0.331. The number of hydrogen-bond acceptors (Lipinski definition) is 3. The second-order valence-electron chi connectivity index (χ2n) is 5.65. The quantitative estimate of drug-likeness (QED) is 0.732. The Kier molecular flexibility index (Phi) is 5.87. The Hall–Kier alpha value is -0.580. The number of nitrogens with zero attached hydrogens (tertiary/aromatic N) is 1. The van der Waals surface area contributed by atoms with E-state index in [0.29, 0.717) is 6.04 Å². The molecule has 1 unspecified atom stereocenters. The summed E-state index contributed by atoms with van der Waals surface area (Å²) < 4.78 is 6.86. The van der Waals surface area contributed by atoms with E-state index in [0.717, 1.165) is 30.1 Å². The summed E-state index contributed by atoms with van der Waals surface area (Å²) in [5, 5.41) is 3.32. The first-order chi connectivity index (χ1) is 9.61. The van der Waals surface area contributed by atoms with Crippen LogP contribution < -0.4 is 10.2 Å². The van der Waals surface area contributed by atoms with Gasteiger partial charge in [-0.1, -0.05) is 15.9 Å². The Morgan fingerprint density at radius 1 is 1.45 bits per heavy atom. The predicted octanol–water partition coefficient (Wildman–Crippen LogP) is 3.59. The van der Waals surface area contributed by atoms with Crippen molar-refractivity contribution in [3.63, 3.8) is 0 Å². The van der Waals surface area contributed by atoms with E-state index in [4.69, 9.17) is 4.74 Å². The van der Waals surface area contributed by atoms with Gasteiger partial charge in [-0.2, -0.15) is 0 Å². The van der Waals surface area contributed by atoms with E-state index < -0.39 is 0 Å². The summed E-state index contributed by atoms with van der Waals surface area (Å²) in [6, 6.07) is 6.80. The van der Waals surface area contributed by atoms with Gasteiger partial charge in [-0.05, 0) is 56.5 Å². The Labute approximate surface area is 130 Å². The molecule has 0 saturated heterocycles. The molecule has 3 nitrogen and oxygen atoms in total. The maximum Gasteiger partial charge on any atom is 0.0641 e. The molecule has 1 atom stereocenters. The molecule has 0 aromatic heterocycles. The normalized spacial score (nSPS) is 16.2. The average Bonchev–Trinajstić information content (AvgIpc) is 3.26. The Bertz CT molecular complexity index is 434. The van der Waals surface area contributed by atoms with Crippen LogP contribution in [0.5, 0.6) is 0 Å². The summed E-state index contributed by atoms with van der Waals surface area (Å²) in [6.45, 7) is 4.85. The van der Waals surface area contributed by atoms with Gasteiger partial charge in [0, 0.05) is 36.4 Å². The van der Waals surface area contributed by atoms with Crippen molar-refractivity contribution in [3.8, 4) is 0 Å². The third-order valence-electron chi connectivity index (χ3n) is 3.92.